The van der Waals surface area contributed by atoms with Gasteiger partial charge in [-0.25, -0.2) is 4.79 Å². The summed E-state index contributed by atoms with van der Waals surface area (Å²) >= 11 is 0. The first-order chi connectivity index (χ1) is 13.1. The molecule has 0 radical (unpaired) electrons. The number of amides is 2. The fraction of sp³-hybridized carbons (Fsp3) is 0.316. The van der Waals surface area contributed by atoms with E-state index in [0.717, 1.165) is 32.7 Å². The minimum Gasteiger partial charge on any atom is -0.369 e. The zero-order valence-electron chi connectivity index (χ0n) is 15.0. The Morgan fingerprint density at radius 3 is 2.37 bits per heavy atom. The predicted molar refractivity (Wildman–Crippen MR) is 105 cm³/mol. The van der Waals surface area contributed by atoms with Crippen LogP contribution in [0.25, 0.3) is 0 Å². The van der Waals surface area contributed by atoms with Crippen molar-refractivity contribution in [2.45, 2.75) is 0 Å². The van der Waals surface area contributed by atoms with E-state index in [-0.39, 0.29) is 11.4 Å². The predicted octanol–water partition coefficient (Wildman–Crippen LogP) is 2.54. The summed E-state index contributed by atoms with van der Waals surface area (Å²) in [4.78, 5) is 27.1. The number of para-hydroxylation sites is 3. The monoisotopic (exact) mass is 369 g/mol. The van der Waals surface area contributed by atoms with E-state index in [9.17, 15) is 14.9 Å². The molecule has 2 aromatic carbocycles. The molecule has 27 heavy (non-hydrogen) atoms. The maximum Gasteiger partial charge on any atom is 0.319 e. The number of rotatable bonds is 6. The van der Waals surface area contributed by atoms with Crippen LogP contribution in [0.1, 0.15) is 0 Å². The number of hydrogen-bond donors (Lipinski definition) is 2. The van der Waals surface area contributed by atoms with Crippen molar-refractivity contribution in [3.63, 3.8) is 0 Å². The smallest absolute Gasteiger partial charge is 0.319 e. The van der Waals surface area contributed by atoms with Crippen LogP contribution in [0.4, 0.5) is 21.9 Å². The fourth-order valence-electron chi connectivity index (χ4n) is 3.10. The van der Waals surface area contributed by atoms with Gasteiger partial charge in [0.2, 0.25) is 0 Å². The molecule has 2 aromatic rings. The molecule has 1 heterocycles. The Morgan fingerprint density at radius 1 is 1.00 bits per heavy atom. The molecule has 142 valence electrons. The highest BCUT2D eigenvalue weighted by Gasteiger charge is 2.17. The Hall–Kier alpha value is -3.13. The second-order valence-electron chi connectivity index (χ2n) is 6.32. The summed E-state index contributed by atoms with van der Waals surface area (Å²) in [6, 6.07) is 16.0. The number of urea groups is 1. The minimum absolute atomic E-state index is 0.121. The molecule has 1 fully saturated rings. The molecule has 8 nitrogen and oxygen atoms in total. The first-order valence-electron chi connectivity index (χ1n) is 8.94. The summed E-state index contributed by atoms with van der Waals surface area (Å²) in [7, 11) is 0. The Bertz CT molecular complexity index is 776. The third-order valence-electron chi connectivity index (χ3n) is 4.56. The lowest BCUT2D eigenvalue weighted by Gasteiger charge is -2.36. The maximum absolute atomic E-state index is 12.0. The van der Waals surface area contributed by atoms with E-state index in [0.29, 0.717) is 6.54 Å². The molecule has 0 bridgehead atoms. The zero-order valence-corrected chi connectivity index (χ0v) is 15.0. The van der Waals surface area contributed by atoms with Crippen molar-refractivity contribution in [1.29, 1.82) is 0 Å². The molecule has 0 saturated carbocycles. The van der Waals surface area contributed by atoms with Gasteiger partial charge in [-0.15, -0.1) is 0 Å². The van der Waals surface area contributed by atoms with E-state index in [2.05, 4.69) is 32.6 Å². The summed E-state index contributed by atoms with van der Waals surface area (Å²) in [6.07, 6.45) is 0. The van der Waals surface area contributed by atoms with Crippen LogP contribution in [0, 0.1) is 10.1 Å². The van der Waals surface area contributed by atoms with Crippen LogP contribution < -0.4 is 15.5 Å². The Morgan fingerprint density at radius 2 is 1.67 bits per heavy atom. The standard InChI is InChI=1S/C19H23N5O3/c25-19(21-17-8-4-5-9-18(17)24(26)27)20-10-11-22-12-14-23(15-13-22)16-6-2-1-3-7-16/h1-9H,10-15H2,(H2,20,21,25). The van der Waals surface area contributed by atoms with Gasteiger partial charge in [0.05, 0.1) is 4.92 Å². The van der Waals surface area contributed by atoms with Crippen LogP contribution in [0.5, 0.6) is 0 Å². The molecule has 2 N–H and O–H groups in total. The van der Waals surface area contributed by atoms with Gasteiger partial charge in [-0.3, -0.25) is 15.0 Å². The number of carbonyl (C=O) groups excluding carboxylic acids is 1. The summed E-state index contributed by atoms with van der Waals surface area (Å²) in [5.74, 6) is 0. The van der Waals surface area contributed by atoms with Gasteiger partial charge in [0.1, 0.15) is 5.69 Å². The second kappa shape index (κ2) is 9.00. The highest BCUT2D eigenvalue weighted by atomic mass is 16.6. The largest absolute Gasteiger partial charge is 0.369 e. The molecule has 3 rings (SSSR count). The summed E-state index contributed by atoms with van der Waals surface area (Å²) in [5, 5.41) is 16.3. The molecule has 1 aliphatic rings. The molecule has 8 heteroatoms. The van der Waals surface area contributed by atoms with Crippen LogP contribution in [0.15, 0.2) is 54.6 Å². The van der Waals surface area contributed by atoms with Gasteiger partial charge in [0.25, 0.3) is 5.69 Å². The molecule has 1 aliphatic heterocycles. The number of piperazine rings is 1. The number of nitro groups is 1. The molecular weight excluding hydrogens is 346 g/mol. The average Bonchev–Trinajstić information content (AvgIpc) is 2.69. The highest BCUT2D eigenvalue weighted by molar-refractivity contribution is 5.91. The first kappa shape index (κ1) is 18.7. The number of nitrogens with one attached hydrogen (secondary N) is 2. The Balaban J connectivity index is 1.39. The van der Waals surface area contributed by atoms with E-state index >= 15 is 0 Å². The molecule has 0 spiro atoms. The van der Waals surface area contributed by atoms with Crippen molar-refractivity contribution in [2.75, 3.05) is 49.5 Å². The van der Waals surface area contributed by atoms with Crippen LogP contribution in [-0.4, -0.2) is 55.1 Å². The zero-order chi connectivity index (χ0) is 19.1. The second-order valence-corrected chi connectivity index (χ2v) is 6.32. The van der Waals surface area contributed by atoms with E-state index < -0.39 is 11.0 Å². The summed E-state index contributed by atoms with van der Waals surface area (Å²) in [6.45, 7) is 4.99. The number of hydrogen-bond acceptors (Lipinski definition) is 5. The SMILES string of the molecule is O=C(NCCN1CCN(c2ccccc2)CC1)Nc1ccccc1[N+](=O)[O-]. The molecule has 0 atom stereocenters. The Labute approximate surface area is 157 Å². The molecule has 2 amide bonds. The highest BCUT2D eigenvalue weighted by Crippen LogP contribution is 2.22. The number of nitro benzene ring substituents is 1. The van der Waals surface area contributed by atoms with Gasteiger partial charge in [-0.2, -0.15) is 0 Å². The number of benzene rings is 2. The Kier molecular flexibility index (Phi) is 6.22. The van der Waals surface area contributed by atoms with Crippen LogP contribution in [0.3, 0.4) is 0 Å². The van der Waals surface area contributed by atoms with E-state index in [1.165, 1.54) is 17.8 Å². The topological polar surface area (TPSA) is 90.8 Å². The number of anilines is 2. The van der Waals surface area contributed by atoms with Crippen LogP contribution >= 0.6 is 0 Å². The minimum atomic E-state index is -0.512. The van der Waals surface area contributed by atoms with Gasteiger partial charge in [-0.1, -0.05) is 30.3 Å². The van der Waals surface area contributed by atoms with E-state index in [1.54, 1.807) is 12.1 Å². The van der Waals surface area contributed by atoms with Crippen molar-refractivity contribution in [3.8, 4) is 0 Å². The third kappa shape index (κ3) is 5.18. The van der Waals surface area contributed by atoms with Crippen molar-refractivity contribution in [1.82, 2.24) is 10.2 Å². The van der Waals surface area contributed by atoms with Gasteiger partial charge in [0.15, 0.2) is 0 Å². The van der Waals surface area contributed by atoms with Gasteiger partial charge in [-0.05, 0) is 18.2 Å². The third-order valence-corrected chi connectivity index (χ3v) is 4.56. The van der Waals surface area contributed by atoms with E-state index in [4.69, 9.17) is 0 Å². The van der Waals surface area contributed by atoms with Gasteiger partial charge >= 0.3 is 6.03 Å². The lowest BCUT2D eigenvalue weighted by Crippen LogP contribution is -2.48. The molecule has 0 aromatic heterocycles. The van der Waals surface area contributed by atoms with Crippen molar-refractivity contribution in [3.05, 3.63) is 64.7 Å². The lowest BCUT2D eigenvalue weighted by molar-refractivity contribution is -0.383. The van der Waals surface area contributed by atoms with Crippen molar-refractivity contribution in [2.24, 2.45) is 0 Å². The van der Waals surface area contributed by atoms with Gasteiger partial charge in [0, 0.05) is 51.0 Å². The van der Waals surface area contributed by atoms with E-state index in [1.807, 2.05) is 18.2 Å². The average molecular weight is 369 g/mol. The van der Waals surface area contributed by atoms with Crippen LogP contribution in [-0.2, 0) is 0 Å². The maximum atomic E-state index is 12.0. The molecule has 0 aliphatic carbocycles. The van der Waals surface area contributed by atoms with Crippen LogP contribution in [0.2, 0.25) is 0 Å². The van der Waals surface area contributed by atoms with Gasteiger partial charge < -0.3 is 15.5 Å². The quantitative estimate of drug-likeness (QED) is 0.603. The normalized spacial score (nSPS) is 14.6. The molecular formula is C19H23N5O3. The number of carbonyl (C=O) groups is 1. The van der Waals surface area contributed by atoms with Crippen molar-refractivity contribution >= 4 is 23.1 Å². The first-order valence-corrected chi connectivity index (χ1v) is 8.94. The fourth-order valence-corrected chi connectivity index (χ4v) is 3.10. The van der Waals surface area contributed by atoms with Crippen molar-refractivity contribution < 1.29 is 9.72 Å². The summed E-state index contributed by atoms with van der Waals surface area (Å²) in [5.41, 5.74) is 1.31. The summed E-state index contributed by atoms with van der Waals surface area (Å²) < 4.78 is 0. The molecule has 1 saturated heterocycles. The number of nitrogens with zero attached hydrogens (tertiary/aromatic N) is 3. The lowest BCUT2D eigenvalue weighted by atomic mass is 10.2. The molecule has 0 unspecified atom stereocenters.